The van der Waals surface area contributed by atoms with E-state index in [1.54, 1.807) is 0 Å². The lowest BCUT2D eigenvalue weighted by molar-refractivity contribution is 0.426. The molecule has 6 aromatic carbocycles. The van der Waals surface area contributed by atoms with Crippen molar-refractivity contribution in [3.05, 3.63) is 114 Å². The van der Waals surface area contributed by atoms with E-state index >= 15 is 0 Å². The van der Waals surface area contributed by atoms with Crippen molar-refractivity contribution in [2.45, 2.75) is 19.3 Å². The molecule has 0 fully saturated rings. The fourth-order valence-electron chi connectivity index (χ4n) is 6.51. The van der Waals surface area contributed by atoms with E-state index in [4.69, 9.17) is 0 Å². The van der Waals surface area contributed by atoms with Crippen LogP contribution in [0.25, 0.3) is 54.6 Å². The van der Waals surface area contributed by atoms with Crippen LogP contribution in [0.4, 0.5) is 0 Å². The molecule has 1 aliphatic rings. The molecule has 2 nitrogen and oxygen atoms in total. The first kappa shape index (κ1) is 21.4. The van der Waals surface area contributed by atoms with Crippen LogP contribution in [0.2, 0.25) is 0 Å². The van der Waals surface area contributed by atoms with Gasteiger partial charge in [0.1, 0.15) is 0 Å². The highest BCUT2D eigenvalue weighted by Gasteiger charge is 2.34. The van der Waals surface area contributed by atoms with Gasteiger partial charge in [0.25, 0.3) is 0 Å². The summed E-state index contributed by atoms with van der Waals surface area (Å²) in [4.78, 5) is 0. The molecular weight excluding hydrogens is 439 g/mol. The molecule has 3 heteroatoms. The number of hydrogen-bond acceptors (Lipinski definition) is 2. The average Bonchev–Trinajstić information content (AvgIpc) is 2.90. The van der Waals surface area contributed by atoms with E-state index in [0.717, 1.165) is 32.7 Å². The van der Waals surface area contributed by atoms with Crippen molar-refractivity contribution in [3.8, 4) is 22.3 Å². The molecule has 2 N–H and O–H groups in total. The Balaban J connectivity index is 1.68. The molecule has 0 radical (unpaired) electrons. The molecule has 0 saturated carbocycles. The molecule has 1 aliphatic carbocycles. The lowest BCUT2D eigenvalue weighted by Gasteiger charge is -2.35. The van der Waals surface area contributed by atoms with Gasteiger partial charge in [0.2, 0.25) is 0 Å². The predicted octanol–water partition coefficient (Wildman–Crippen LogP) is 6.80. The molecule has 6 aromatic rings. The minimum Gasteiger partial charge on any atom is -0.423 e. The summed E-state index contributed by atoms with van der Waals surface area (Å²) in [5, 5.41) is 27.1. The Labute approximate surface area is 210 Å². The lowest BCUT2D eigenvalue weighted by atomic mass is 9.67. The smallest absolute Gasteiger partial charge is 0.423 e. The highest BCUT2D eigenvalue weighted by molar-refractivity contribution is 6.66. The standard InChI is InChI=1S/C33H25BO2/c1-33(2)28-16-8-7-10-20(28)24-18-19-25(21-15-9-17-29(33)31(21)24)30-22-11-3-5-13-26(22)32(34(35)36)27-14-6-4-12-23(27)30/h3-19,35-36H,1-2H3. The van der Waals surface area contributed by atoms with E-state index in [1.807, 2.05) is 36.4 Å². The van der Waals surface area contributed by atoms with Crippen molar-refractivity contribution in [1.29, 1.82) is 0 Å². The largest absolute Gasteiger partial charge is 0.489 e. The third-order valence-electron chi connectivity index (χ3n) is 8.11. The Morgan fingerprint density at radius 2 is 1.03 bits per heavy atom. The summed E-state index contributed by atoms with van der Waals surface area (Å²) in [6.07, 6.45) is 0. The van der Waals surface area contributed by atoms with E-state index < -0.39 is 7.12 Å². The minimum absolute atomic E-state index is 0.114. The second-order valence-electron chi connectivity index (χ2n) is 10.3. The first-order valence-corrected chi connectivity index (χ1v) is 12.4. The van der Waals surface area contributed by atoms with Gasteiger partial charge in [-0.05, 0) is 71.2 Å². The van der Waals surface area contributed by atoms with Crippen molar-refractivity contribution in [2.75, 3.05) is 0 Å². The summed E-state index contributed by atoms with van der Waals surface area (Å²) in [5.41, 5.74) is 8.00. The maximum absolute atomic E-state index is 10.4. The Kier molecular flexibility index (Phi) is 4.48. The van der Waals surface area contributed by atoms with Crippen molar-refractivity contribution in [2.24, 2.45) is 0 Å². The zero-order valence-corrected chi connectivity index (χ0v) is 20.3. The van der Waals surface area contributed by atoms with E-state index in [1.165, 1.54) is 33.0 Å². The summed E-state index contributed by atoms with van der Waals surface area (Å²) in [5.74, 6) is 0. The number of hydrogen-bond donors (Lipinski definition) is 2. The number of benzene rings is 6. The molecule has 0 unspecified atom stereocenters. The molecule has 172 valence electrons. The summed E-state index contributed by atoms with van der Waals surface area (Å²) >= 11 is 0. The lowest BCUT2D eigenvalue weighted by Crippen LogP contribution is -2.31. The van der Waals surface area contributed by atoms with E-state index in [0.29, 0.717) is 5.46 Å². The van der Waals surface area contributed by atoms with Gasteiger partial charge in [-0.15, -0.1) is 0 Å². The molecule has 0 saturated heterocycles. The van der Waals surface area contributed by atoms with Gasteiger partial charge in [0, 0.05) is 5.41 Å². The Bertz CT molecular complexity index is 1790. The van der Waals surface area contributed by atoms with Gasteiger partial charge in [-0.1, -0.05) is 117 Å². The Morgan fingerprint density at radius 3 is 1.69 bits per heavy atom. The highest BCUT2D eigenvalue weighted by Crippen LogP contribution is 2.51. The maximum Gasteiger partial charge on any atom is 0.489 e. The molecule has 0 atom stereocenters. The van der Waals surface area contributed by atoms with Gasteiger partial charge in [-0.25, -0.2) is 0 Å². The summed E-state index contributed by atoms with van der Waals surface area (Å²) < 4.78 is 0. The molecule has 36 heavy (non-hydrogen) atoms. The van der Waals surface area contributed by atoms with Crippen LogP contribution in [0.15, 0.2) is 103 Å². The van der Waals surface area contributed by atoms with Crippen LogP contribution in [0, 0.1) is 0 Å². The van der Waals surface area contributed by atoms with Gasteiger partial charge in [0.05, 0.1) is 0 Å². The zero-order chi connectivity index (χ0) is 24.6. The molecule has 0 amide bonds. The fraction of sp³-hybridized carbons (Fsp3) is 0.0909. The number of rotatable bonds is 2. The van der Waals surface area contributed by atoms with Crippen LogP contribution in [0.1, 0.15) is 25.0 Å². The van der Waals surface area contributed by atoms with E-state index in [9.17, 15) is 10.0 Å². The fourth-order valence-corrected chi connectivity index (χ4v) is 6.51. The Hall–Kier alpha value is -3.92. The second-order valence-corrected chi connectivity index (χ2v) is 10.3. The topological polar surface area (TPSA) is 40.5 Å². The third kappa shape index (κ3) is 2.76. The molecule has 0 heterocycles. The van der Waals surface area contributed by atoms with Gasteiger partial charge in [0.15, 0.2) is 0 Å². The van der Waals surface area contributed by atoms with Crippen molar-refractivity contribution in [3.63, 3.8) is 0 Å². The Morgan fingerprint density at radius 1 is 0.500 bits per heavy atom. The van der Waals surface area contributed by atoms with Crippen LogP contribution < -0.4 is 5.46 Å². The number of fused-ring (bicyclic) bond motifs is 4. The second kappa shape index (κ2) is 7.54. The summed E-state index contributed by atoms with van der Waals surface area (Å²) in [6, 6.07) is 36.1. The first-order valence-electron chi connectivity index (χ1n) is 12.4. The van der Waals surface area contributed by atoms with Crippen LogP contribution >= 0.6 is 0 Å². The molecule has 0 bridgehead atoms. The minimum atomic E-state index is -1.55. The average molecular weight is 464 g/mol. The summed E-state index contributed by atoms with van der Waals surface area (Å²) in [6.45, 7) is 4.64. The van der Waals surface area contributed by atoms with Crippen molar-refractivity contribution >= 4 is 44.9 Å². The van der Waals surface area contributed by atoms with E-state index in [-0.39, 0.29) is 5.41 Å². The predicted molar refractivity (Wildman–Crippen MR) is 152 cm³/mol. The summed E-state index contributed by atoms with van der Waals surface area (Å²) in [7, 11) is -1.55. The van der Waals surface area contributed by atoms with Crippen molar-refractivity contribution in [1.82, 2.24) is 0 Å². The monoisotopic (exact) mass is 464 g/mol. The molecule has 0 spiro atoms. The molecule has 7 rings (SSSR count). The first-order chi connectivity index (χ1) is 17.5. The van der Waals surface area contributed by atoms with Gasteiger partial charge < -0.3 is 10.0 Å². The molecule has 0 aromatic heterocycles. The van der Waals surface area contributed by atoms with Gasteiger partial charge in [-0.2, -0.15) is 0 Å². The molecule has 0 aliphatic heterocycles. The van der Waals surface area contributed by atoms with Crippen LogP contribution in [0.3, 0.4) is 0 Å². The van der Waals surface area contributed by atoms with Gasteiger partial charge in [-0.3, -0.25) is 0 Å². The quantitative estimate of drug-likeness (QED) is 0.219. The SMILES string of the molecule is CC1(C)c2ccccc2-c2ccc(-c3c4ccccc4c(B(O)O)c4ccccc34)c3cccc1c23. The van der Waals surface area contributed by atoms with Gasteiger partial charge >= 0.3 is 7.12 Å². The normalized spacial score (nSPS) is 13.8. The van der Waals surface area contributed by atoms with Crippen LogP contribution in [0.5, 0.6) is 0 Å². The van der Waals surface area contributed by atoms with Crippen LogP contribution in [-0.2, 0) is 5.41 Å². The molecular formula is C33H25BO2. The zero-order valence-electron chi connectivity index (χ0n) is 20.3. The van der Waals surface area contributed by atoms with Crippen molar-refractivity contribution < 1.29 is 10.0 Å². The van der Waals surface area contributed by atoms with E-state index in [2.05, 4.69) is 80.6 Å². The van der Waals surface area contributed by atoms with Crippen LogP contribution in [-0.4, -0.2) is 17.2 Å². The highest BCUT2D eigenvalue weighted by atomic mass is 16.4. The third-order valence-corrected chi connectivity index (χ3v) is 8.11. The maximum atomic E-state index is 10.4.